The molecule has 1 saturated heterocycles. The third-order valence-electron chi connectivity index (χ3n) is 4.17. The average Bonchev–Trinajstić information content (AvgIpc) is 2.32. The highest BCUT2D eigenvalue weighted by Gasteiger charge is 2.26. The molecule has 0 aromatic heterocycles. The topological polar surface area (TPSA) is 29.3 Å². The van der Waals surface area contributed by atoms with Crippen LogP contribution in [0.25, 0.3) is 0 Å². The number of anilines is 1. The SMILES string of the molecule is CC(N)c1ccc(Br)cc1N1CCCC(C)C1C. The van der Waals surface area contributed by atoms with E-state index in [4.69, 9.17) is 5.73 Å². The summed E-state index contributed by atoms with van der Waals surface area (Å²) in [4.78, 5) is 2.53. The lowest BCUT2D eigenvalue weighted by molar-refractivity contribution is 0.362. The molecule has 100 valence electrons. The second kappa shape index (κ2) is 5.62. The number of nitrogens with zero attached hydrogens (tertiary/aromatic N) is 1. The van der Waals surface area contributed by atoms with Gasteiger partial charge in [0.25, 0.3) is 0 Å². The first kappa shape index (κ1) is 13.9. The van der Waals surface area contributed by atoms with E-state index in [9.17, 15) is 0 Å². The van der Waals surface area contributed by atoms with Gasteiger partial charge in [-0.15, -0.1) is 0 Å². The molecule has 0 amide bonds. The zero-order valence-electron chi connectivity index (χ0n) is 11.5. The molecule has 0 saturated carbocycles. The Hall–Kier alpha value is -0.540. The number of hydrogen-bond acceptors (Lipinski definition) is 2. The number of benzene rings is 1. The van der Waals surface area contributed by atoms with Gasteiger partial charge in [0, 0.05) is 28.8 Å². The largest absolute Gasteiger partial charge is 0.368 e. The Kier molecular flexibility index (Phi) is 4.33. The van der Waals surface area contributed by atoms with E-state index in [0.717, 1.165) is 16.9 Å². The molecule has 3 heteroatoms. The van der Waals surface area contributed by atoms with Crippen molar-refractivity contribution in [2.45, 2.75) is 45.7 Å². The average molecular weight is 311 g/mol. The Morgan fingerprint density at radius 1 is 1.39 bits per heavy atom. The van der Waals surface area contributed by atoms with E-state index in [-0.39, 0.29) is 6.04 Å². The summed E-state index contributed by atoms with van der Waals surface area (Å²) in [5.41, 5.74) is 8.66. The molecule has 0 bridgehead atoms. The van der Waals surface area contributed by atoms with E-state index >= 15 is 0 Å². The minimum absolute atomic E-state index is 0.0810. The smallest absolute Gasteiger partial charge is 0.0428 e. The van der Waals surface area contributed by atoms with E-state index in [1.54, 1.807) is 0 Å². The first-order valence-corrected chi connectivity index (χ1v) is 7.61. The van der Waals surface area contributed by atoms with Crippen LogP contribution in [-0.2, 0) is 0 Å². The van der Waals surface area contributed by atoms with Gasteiger partial charge in [-0.1, -0.05) is 28.9 Å². The molecule has 0 aliphatic carbocycles. The molecule has 1 heterocycles. The van der Waals surface area contributed by atoms with Crippen molar-refractivity contribution < 1.29 is 0 Å². The van der Waals surface area contributed by atoms with Crippen LogP contribution >= 0.6 is 15.9 Å². The summed E-state index contributed by atoms with van der Waals surface area (Å²) in [6, 6.07) is 7.12. The van der Waals surface area contributed by atoms with Crippen LogP contribution < -0.4 is 10.6 Å². The second-order valence-corrected chi connectivity index (χ2v) is 6.46. The maximum atomic E-state index is 6.11. The normalized spacial score (nSPS) is 26.2. The van der Waals surface area contributed by atoms with Crippen LogP contribution in [0.1, 0.15) is 45.2 Å². The van der Waals surface area contributed by atoms with Gasteiger partial charge in [0.05, 0.1) is 0 Å². The molecule has 1 aliphatic heterocycles. The third-order valence-corrected chi connectivity index (χ3v) is 4.66. The number of rotatable bonds is 2. The molecule has 3 unspecified atom stereocenters. The van der Waals surface area contributed by atoms with Crippen molar-refractivity contribution in [3.05, 3.63) is 28.2 Å². The molecule has 1 aliphatic rings. The van der Waals surface area contributed by atoms with Crippen molar-refractivity contribution in [2.24, 2.45) is 11.7 Å². The van der Waals surface area contributed by atoms with E-state index in [0.29, 0.717) is 6.04 Å². The highest BCUT2D eigenvalue weighted by atomic mass is 79.9. The lowest BCUT2D eigenvalue weighted by Gasteiger charge is -2.41. The number of hydrogen-bond donors (Lipinski definition) is 1. The first-order valence-electron chi connectivity index (χ1n) is 6.82. The minimum atomic E-state index is 0.0810. The van der Waals surface area contributed by atoms with Gasteiger partial charge in [-0.25, -0.2) is 0 Å². The first-order chi connectivity index (χ1) is 8.50. The summed E-state index contributed by atoms with van der Waals surface area (Å²) < 4.78 is 1.13. The second-order valence-electron chi connectivity index (χ2n) is 5.55. The van der Waals surface area contributed by atoms with Gasteiger partial charge >= 0.3 is 0 Å². The molecule has 2 rings (SSSR count). The lowest BCUT2D eigenvalue weighted by atomic mass is 9.90. The Bertz CT molecular complexity index is 417. The van der Waals surface area contributed by atoms with E-state index in [1.165, 1.54) is 24.1 Å². The van der Waals surface area contributed by atoms with Crippen LogP contribution in [0.4, 0.5) is 5.69 Å². The zero-order valence-corrected chi connectivity index (χ0v) is 13.1. The molecule has 0 radical (unpaired) electrons. The summed E-state index contributed by atoms with van der Waals surface area (Å²) in [6.45, 7) is 7.88. The van der Waals surface area contributed by atoms with Crippen molar-refractivity contribution in [2.75, 3.05) is 11.4 Å². The molecule has 0 spiro atoms. The molecular formula is C15H23BrN2. The fourth-order valence-electron chi connectivity index (χ4n) is 2.83. The molecule has 1 aromatic rings. The highest BCUT2D eigenvalue weighted by Crippen LogP contribution is 2.34. The van der Waals surface area contributed by atoms with Crippen LogP contribution in [0.2, 0.25) is 0 Å². The Balaban J connectivity index is 2.39. The van der Waals surface area contributed by atoms with Crippen molar-refractivity contribution in [1.82, 2.24) is 0 Å². The standard InChI is InChI=1S/C15H23BrN2/c1-10-5-4-8-18(12(10)3)15-9-13(16)6-7-14(15)11(2)17/h6-7,9-12H,4-5,8,17H2,1-3H3. The van der Waals surface area contributed by atoms with Crippen LogP contribution in [-0.4, -0.2) is 12.6 Å². The summed E-state index contributed by atoms with van der Waals surface area (Å²) in [7, 11) is 0. The minimum Gasteiger partial charge on any atom is -0.368 e. The number of piperidine rings is 1. The van der Waals surface area contributed by atoms with Crippen molar-refractivity contribution in [3.63, 3.8) is 0 Å². The van der Waals surface area contributed by atoms with Gasteiger partial charge in [0.1, 0.15) is 0 Å². The molecule has 3 atom stereocenters. The molecule has 1 fully saturated rings. The predicted octanol–water partition coefficient (Wildman–Crippen LogP) is 4.09. The van der Waals surface area contributed by atoms with Crippen molar-refractivity contribution in [3.8, 4) is 0 Å². The molecule has 1 aromatic carbocycles. The zero-order chi connectivity index (χ0) is 13.3. The fourth-order valence-corrected chi connectivity index (χ4v) is 3.18. The Morgan fingerprint density at radius 3 is 2.78 bits per heavy atom. The van der Waals surface area contributed by atoms with E-state index < -0.39 is 0 Å². The monoisotopic (exact) mass is 310 g/mol. The summed E-state index contributed by atoms with van der Waals surface area (Å²) >= 11 is 3.58. The lowest BCUT2D eigenvalue weighted by Crippen LogP contribution is -2.43. The third kappa shape index (κ3) is 2.72. The summed E-state index contributed by atoms with van der Waals surface area (Å²) in [5.74, 6) is 0.749. The maximum absolute atomic E-state index is 6.11. The molecular weight excluding hydrogens is 288 g/mol. The van der Waals surface area contributed by atoms with Gasteiger partial charge in [-0.2, -0.15) is 0 Å². The predicted molar refractivity (Wildman–Crippen MR) is 82.0 cm³/mol. The van der Waals surface area contributed by atoms with Gasteiger partial charge in [0.15, 0.2) is 0 Å². The van der Waals surface area contributed by atoms with E-state index in [1.807, 2.05) is 0 Å². The number of nitrogens with two attached hydrogens (primary N) is 1. The highest BCUT2D eigenvalue weighted by molar-refractivity contribution is 9.10. The van der Waals surface area contributed by atoms with E-state index in [2.05, 4.69) is 59.8 Å². The Labute approximate surface area is 119 Å². The van der Waals surface area contributed by atoms with Gasteiger partial charge in [0.2, 0.25) is 0 Å². The van der Waals surface area contributed by atoms with Crippen LogP contribution in [0.15, 0.2) is 22.7 Å². The summed E-state index contributed by atoms with van der Waals surface area (Å²) in [6.07, 6.45) is 2.61. The maximum Gasteiger partial charge on any atom is 0.0428 e. The van der Waals surface area contributed by atoms with Crippen molar-refractivity contribution in [1.29, 1.82) is 0 Å². The van der Waals surface area contributed by atoms with Crippen LogP contribution in [0.5, 0.6) is 0 Å². The summed E-state index contributed by atoms with van der Waals surface area (Å²) in [5, 5.41) is 0. The quantitative estimate of drug-likeness (QED) is 0.891. The molecule has 2 nitrogen and oxygen atoms in total. The Morgan fingerprint density at radius 2 is 2.11 bits per heavy atom. The van der Waals surface area contributed by atoms with Crippen LogP contribution in [0, 0.1) is 5.92 Å². The fraction of sp³-hybridized carbons (Fsp3) is 0.600. The molecule has 2 N–H and O–H groups in total. The van der Waals surface area contributed by atoms with Crippen LogP contribution in [0.3, 0.4) is 0 Å². The molecule has 18 heavy (non-hydrogen) atoms. The van der Waals surface area contributed by atoms with Gasteiger partial charge < -0.3 is 10.6 Å². The van der Waals surface area contributed by atoms with Crippen molar-refractivity contribution >= 4 is 21.6 Å². The van der Waals surface area contributed by atoms with Gasteiger partial charge in [-0.05, 0) is 50.3 Å². The van der Waals surface area contributed by atoms with Gasteiger partial charge in [-0.3, -0.25) is 0 Å². The number of halogens is 1.